The molecule has 0 saturated heterocycles. The van der Waals surface area contributed by atoms with Gasteiger partial charge in [0, 0.05) is 4.75 Å². The first-order valence-electron chi connectivity index (χ1n) is 5.51. The Morgan fingerprint density at radius 1 is 1.27 bits per heavy atom. The van der Waals surface area contributed by atoms with Gasteiger partial charge in [-0.3, -0.25) is 4.79 Å². The fourth-order valence-corrected chi connectivity index (χ4v) is 2.51. The molecular formula is C12H24O2S. The van der Waals surface area contributed by atoms with Gasteiger partial charge in [-0.05, 0) is 32.4 Å². The minimum Gasteiger partial charge on any atom is -0.469 e. The van der Waals surface area contributed by atoms with Crippen LogP contribution < -0.4 is 0 Å². The van der Waals surface area contributed by atoms with Gasteiger partial charge in [-0.2, -0.15) is 11.8 Å². The van der Waals surface area contributed by atoms with Crippen LogP contribution in [0.1, 0.15) is 47.0 Å². The summed E-state index contributed by atoms with van der Waals surface area (Å²) in [7, 11) is 1.47. The summed E-state index contributed by atoms with van der Waals surface area (Å²) in [6.45, 7) is 8.44. The number of carbonyl (C=O) groups is 1. The molecule has 2 atom stereocenters. The number of esters is 1. The summed E-state index contributed by atoms with van der Waals surface area (Å²) >= 11 is 1.83. The molecule has 0 aromatic rings. The lowest BCUT2D eigenvalue weighted by Gasteiger charge is -2.35. The SMILES string of the molecule is CCC(C)(CC(C)(CC)C(=O)OC)SC. The minimum atomic E-state index is -0.345. The maximum absolute atomic E-state index is 11.7. The van der Waals surface area contributed by atoms with Crippen LogP contribution in [0.4, 0.5) is 0 Å². The quantitative estimate of drug-likeness (QED) is 0.656. The zero-order valence-electron chi connectivity index (χ0n) is 10.8. The maximum atomic E-state index is 11.7. The Balaban J connectivity index is 4.76. The molecule has 15 heavy (non-hydrogen) atoms. The molecule has 0 saturated carbocycles. The van der Waals surface area contributed by atoms with E-state index >= 15 is 0 Å². The number of carbonyl (C=O) groups excluding carboxylic acids is 1. The third-order valence-electron chi connectivity index (χ3n) is 3.46. The lowest BCUT2D eigenvalue weighted by atomic mass is 9.78. The van der Waals surface area contributed by atoms with E-state index < -0.39 is 0 Å². The Hall–Kier alpha value is -0.180. The average molecular weight is 232 g/mol. The van der Waals surface area contributed by atoms with Gasteiger partial charge in [-0.15, -0.1) is 0 Å². The van der Waals surface area contributed by atoms with Gasteiger partial charge < -0.3 is 4.74 Å². The number of methoxy groups -OCH3 is 1. The molecule has 0 heterocycles. The largest absolute Gasteiger partial charge is 0.469 e. The van der Waals surface area contributed by atoms with Crippen molar-refractivity contribution < 1.29 is 9.53 Å². The van der Waals surface area contributed by atoms with E-state index in [1.54, 1.807) is 0 Å². The molecule has 0 aliphatic rings. The molecule has 2 unspecified atom stereocenters. The van der Waals surface area contributed by atoms with Crippen molar-refractivity contribution in [3.63, 3.8) is 0 Å². The zero-order valence-corrected chi connectivity index (χ0v) is 11.7. The van der Waals surface area contributed by atoms with Gasteiger partial charge in [-0.1, -0.05) is 20.8 Å². The van der Waals surface area contributed by atoms with Gasteiger partial charge in [0.25, 0.3) is 0 Å². The molecule has 0 radical (unpaired) electrons. The molecule has 90 valence electrons. The van der Waals surface area contributed by atoms with Gasteiger partial charge in [0.1, 0.15) is 0 Å². The second kappa shape index (κ2) is 5.78. The van der Waals surface area contributed by atoms with E-state index in [1.165, 1.54) is 7.11 Å². The van der Waals surface area contributed by atoms with Crippen molar-refractivity contribution >= 4 is 17.7 Å². The van der Waals surface area contributed by atoms with Crippen LogP contribution in [-0.2, 0) is 9.53 Å². The van der Waals surface area contributed by atoms with Crippen LogP contribution in [0.3, 0.4) is 0 Å². The van der Waals surface area contributed by atoms with Crippen molar-refractivity contribution in [2.24, 2.45) is 5.41 Å². The molecule has 0 N–H and O–H groups in total. The standard InChI is InChI=1S/C12H24O2S/c1-7-11(3,10(13)14-5)9-12(4,8-2)15-6/h7-9H2,1-6H3. The van der Waals surface area contributed by atoms with Crippen LogP contribution in [0.25, 0.3) is 0 Å². The molecule has 0 aromatic carbocycles. The molecule has 0 aliphatic carbocycles. The third kappa shape index (κ3) is 3.71. The van der Waals surface area contributed by atoms with Crippen molar-refractivity contribution in [1.29, 1.82) is 0 Å². The number of hydrogen-bond acceptors (Lipinski definition) is 3. The predicted octanol–water partition coefficient (Wildman–Crippen LogP) is 3.50. The lowest BCUT2D eigenvalue weighted by molar-refractivity contribution is -0.152. The van der Waals surface area contributed by atoms with Crippen molar-refractivity contribution in [2.45, 2.75) is 51.7 Å². The number of rotatable bonds is 6. The molecule has 0 aromatic heterocycles. The summed E-state index contributed by atoms with van der Waals surface area (Å²) in [6, 6.07) is 0. The number of hydrogen-bond donors (Lipinski definition) is 0. The highest BCUT2D eigenvalue weighted by atomic mass is 32.2. The Morgan fingerprint density at radius 2 is 1.80 bits per heavy atom. The van der Waals surface area contributed by atoms with E-state index in [0.717, 1.165) is 19.3 Å². The normalized spacial score (nSPS) is 19.1. The van der Waals surface area contributed by atoms with E-state index in [-0.39, 0.29) is 16.1 Å². The summed E-state index contributed by atoms with van der Waals surface area (Å²) in [6.07, 6.45) is 4.88. The lowest BCUT2D eigenvalue weighted by Crippen LogP contribution is -2.36. The molecule has 2 nitrogen and oxygen atoms in total. The second-order valence-electron chi connectivity index (χ2n) is 4.59. The third-order valence-corrected chi connectivity index (χ3v) is 4.88. The van der Waals surface area contributed by atoms with Crippen LogP contribution in [0, 0.1) is 5.41 Å². The summed E-state index contributed by atoms with van der Waals surface area (Å²) in [5.41, 5.74) is -0.345. The smallest absolute Gasteiger partial charge is 0.311 e. The average Bonchev–Trinajstić information content (AvgIpc) is 2.27. The zero-order chi connectivity index (χ0) is 12.1. The van der Waals surface area contributed by atoms with Crippen molar-refractivity contribution in [3.8, 4) is 0 Å². The van der Waals surface area contributed by atoms with Crippen molar-refractivity contribution in [1.82, 2.24) is 0 Å². The van der Waals surface area contributed by atoms with E-state index in [9.17, 15) is 4.79 Å². The van der Waals surface area contributed by atoms with Gasteiger partial charge in [0.15, 0.2) is 0 Å². The van der Waals surface area contributed by atoms with Crippen LogP contribution in [0.5, 0.6) is 0 Å². The van der Waals surface area contributed by atoms with Crippen LogP contribution in [-0.4, -0.2) is 24.1 Å². The fraction of sp³-hybridized carbons (Fsp3) is 0.917. The van der Waals surface area contributed by atoms with Crippen molar-refractivity contribution in [3.05, 3.63) is 0 Å². The minimum absolute atomic E-state index is 0.0845. The molecule has 0 fully saturated rings. The number of ether oxygens (including phenoxy) is 1. The molecular weight excluding hydrogens is 208 g/mol. The summed E-state index contributed by atoms with van der Waals surface area (Å²) < 4.78 is 5.06. The summed E-state index contributed by atoms with van der Waals surface area (Å²) in [5.74, 6) is -0.0845. The van der Waals surface area contributed by atoms with E-state index in [1.807, 2.05) is 25.6 Å². The predicted molar refractivity (Wildman–Crippen MR) is 67.2 cm³/mol. The molecule has 0 spiro atoms. The Kier molecular flexibility index (Phi) is 5.71. The second-order valence-corrected chi connectivity index (χ2v) is 5.98. The van der Waals surface area contributed by atoms with E-state index in [2.05, 4.69) is 20.1 Å². The highest BCUT2D eigenvalue weighted by Gasteiger charge is 2.39. The monoisotopic (exact) mass is 232 g/mol. The molecule has 0 amide bonds. The number of thioether (sulfide) groups is 1. The highest BCUT2D eigenvalue weighted by molar-refractivity contribution is 7.99. The summed E-state index contributed by atoms with van der Waals surface area (Å²) in [4.78, 5) is 11.7. The van der Waals surface area contributed by atoms with Gasteiger partial charge >= 0.3 is 5.97 Å². The fourth-order valence-electron chi connectivity index (χ4n) is 1.75. The first-order valence-corrected chi connectivity index (χ1v) is 6.73. The Morgan fingerprint density at radius 3 is 2.07 bits per heavy atom. The maximum Gasteiger partial charge on any atom is 0.311 e. The molecule has 0 rings (SSSR count). The molecule has 0 bridgehead atoms. The van der Waals surface area contributed by atoms with Gasteiger partial charge in [0.2, 0.25) is 0 Å². The Labute approximate surface area is 98.2 Å². The van der Waals surface area contributed by atoms with E-state index in [4.69, 9.17) is 4.74 Å². The summed E-state index contributed by atoms with van der Waals surface area (Å²) in [5, 5.41) is 0. The van der Waals surface area contributed by atoms with Crippen molar-refractivity contribution in [2.75, 3.05) is 13.4 Å². The topological polar surface area (TPSA) is 26.3 Å². The highest BCUT2D eigenvalue weighted by Crippen LogP contribution is 2.41. The first kappa shape index (κ1) is 14.8. The van der Waals surface area contributed by atoms with Crippen LogP contribution in [0.15, 0.2) is 0 Å². The van der Waals surface area contributed by atoms with Gasteiger partial charge in [-0.25, -0.2) is 0 Å². The first-order chi connectivity index (χ1) is 6.87. The van der Waals surface area contributed by atoms with Crippen LogP contribution >= 0.6 is 11.8 Å². The molecule has 3 heteroatoms. The van der Waals surface area contributed by atoms with Gasteiger partial charge in [0.05, 0.1) is 12.5 Å². The van der Waals surface area contributed by atoms with Crippen LogP contribution in [0.2, 0.25) is 0 Å². The van der Waals surface area contributed by atoms with E-state index in [0.29, 0.717) is 0 Å². The molecule has 0 aliphatic heterocycles. The Bertz CT molecular complexity index is 212.